The number of carbonyl (C=O) groups excluding carboxylic acids is 2. The number of amides is 2. The number of hydrogen-bond acceptors (Lipinski definition) is 4. The monoisotopic (exact) mass is 291 g/mol. The van der Waals surface area contributed by atoms with E-state index in [1.165, 1.54) is 10.5 Å². The van der Waals surface area contributed by atoms with Crippen LogP contribution in [0, 0.1) is 0 Å². The van der Waals surface area contributed by atoms with Crippen molar-refractivity contribution in [3.63, 3.8) is 0 Å². The van der Waals surface area contributed by atoms with Gasteiger partial charge >= 0.3 is 0 Å². The summed E-state index contributed by atoms with van der Waals surface area (Å²) in [5, 5.41) is 6.58. The van der Waals surface area contributed by atoms with E-state index in [2.05, 4.69) is 40.1 Å². The molecule has 20 heavy (non-hydrogen) atoms. The van der Waals surface area contributed by atoms with E-state index >= 15 is 0 Å². The maximum absolute atomic E-state index is 11.8. The van der Waals surface area contributed by atoms with Gasteiger partial charge in [0, 0.05) is 24.3 Å². The Bertz CT molecular complexity index is 526. The number of rotatable bonds is 5. The molecule has 1 heterocycles. The molecular formula is C14H17N3O2S. The predicted octanol–water partition coefficient (Wildman–Crippen LogP) is 1.33. The van der Waals surface area contributed by atoms with E-state index in [9.17, 15) is 9.59 Å². The van der Waals surface area contributed by atoms with E-state index in [0.717, 1.165) is 6.42 Å². The second kappa shape index (κ2) is 7.09. The highest BCUT2D eigenvalue weighted by atomic mass is 32.2. The Morgan fingerprint density at radius 2 is 2.10 bits per heavy atom. The highest BCUT2D eigenvalue weighted by Crippen LogP contribution is 2.14. The zero-order valence-corrected chi connectivity index (χ0v) is 12.1. The Labute approximate surface area is 122 Å². The summed E-state index contributed by atoms with van der Waals surface area (Å²) < 4.78 is 0. The summed E-state index contributed by atoms with van der Waals surface area (Å²) >= 11 is 1.71. The van der Waals surface area contributed by atoms with E-state index in [1.807, 2.05) is 6.26 Å². The van der Waals surface area contributed by atoms with Crippen LogP contribution in [0.1, 0.15) is 18.4 Å². The second-order valence-electron chi connectivity index (χ2n) is 4.45. The first-order valence-corrected chi connectivity index (χ1v) is 7.68. The third-order valence-corrected chi connectivity index (χ3v) is 3.77. The normalized spacial score (nSPS) is 14.4. The van der Waals surface area contributed by atoms with E-state index in [1.54, 1.807) is 11.8 Å². The van der Waals surface area contributed by atoms with Crippen molar-refractivity contribution >= 4 is 29.3 Å². The molecule has 1 aromatic rings. The van der Waals surface area contributed by atoms with Crippen LogP contribution in [-0.4, -0.2) is 30.3 Å². The molecule has 0 atom stereocenters. The molecule has 0 spiro atoms. The van der Waals surface area contributed by atoms with Crippen LogP contribution < -0.4 is 10.7 Å². The van der Waals surface area contributed by atoms with Gasteiger partial charge in [-0.25, -0.2) is 5.43 Å². The van der Waals surface area contributed by atoms with Gasteiger partial charge in [-0.15, -0.1) is 11.8 Å². The average Bonchev–Trinajstić information content (AvgIpc) is 2.48. The molecule has 0 aromatic heterocycles. The van der Waals surface area contributed by atoms with Crippen molar-refractivity contribution in [1.29, 1.82) is 0 Å². The summed E-state index contributed by atoms with van der Waals surface area (Å²) in [5.41, 5.74) is 3.89. The van der Waals surface area contributed by atoms with Gasteiger partial charge in [0.25, 0.3) is 5.91 Å². The second-order valence-corrected chi connectivity index (χ2v) is 5.33. The van der Waals surface area contributed by atoms with Crippen LogP contribution in [0.5, 0.6) is 0 Å². The van der Waals surface area contributed by atoms with Crippen LogP contribution in [0.2, 0.25) is 0 Å². The quantitative estimate of drug-likeness (QED) is 0.804. The number of hydrogen-bond donors (Lipinski definition) is 2. The van der Waals surface area contributed by atoms with E-state index in [4.69, 9.17) is 0 Å². The Kier molecular flexibility index (Phi) is 5.17. The third-order valence-electron chi connectivity index (χ3n) is 3.02. The Morgan fingerprint density at radius 1 is 1.35 bits per heavy atom. The average molecular weight is 291 g/mol. The summed E-state index contributed by atoms with van der Waals surface area (Å²) in [7, 11) is 0. The van der Waals surface area contributed by atoms with Crippen molar-refractivity contribution in [2.45, 2.75) is 24.2 Å². The van der Waals surface area contributed by atoms with Gasteiger partial charge < -0.3 is 5.32 Å². The standard InChI is InChI=1S/C14H17N3O2S/c1-20-11-4-2-10(3-5-11)8-9-15-14(19)12-6-7-13(18)17-16-12/h2-5H,6-9H2,1H3,(H,15,19)(H,17,18). The minimum atomic E-state index is -0.203. The molecule has 106 valence electrons. The van der Waals surface area contributed by atoms with Crippen LogP contribution in [0.25, 0.3) is 0 Å². The zero-order chi connectivity index (χ0) is 14.4. The molecule has 5 nitrogen and oxygen atoms in total. The number of carbonyl (C=O) groups is 2. The minimum absolute atomic E-state index is 0.143. The molecule has 2 N–H and O–H groups in total. The summed E-state index contributed by atoms with van der Waals surface area (Å²) in [6.07, 6.45) is 3.54. The first-order chi connectivity index (χ1) is 9.69. The maximum Gasteiger partial charge on any atom is 0.267 e. The number of benzene rings is 1. The van der Waals surface area contributed by atoms with Crippen molar-refractivity contribution in [1.82, 2.24) is 10.7 Å². The molecule has 2 amide bonds. The highest BCUT2D eigenvalue weighted by Gasteiger charge is 2.17. The molecule has 0 saturated heterocycles. The lowest BCUT2D eigenvalue weighted by atomic mass is 10.1. The topological polar surface area (TPSA) is 70.6 Å². The molecule has 0 unspecified atom stereocenters. The van der Waals surface area contributed by atoms with Crippen LogP contribution in [0.3, 0.4) is 0 Å². The van der Waals surface area contributed by atoms with Gasteiger partial charge in [-0.1, -0.05) is 12.1 Å². The largest absolute Gasteiger partial charge is 0.351 e. The lowest BCUT2D eigenvalue weighted by molar-refractivity contribution is -0.121. The maximum atomic E-state index is 11.8. The van der Waals surface area contributed by atoms with Gasteiger partial charge in [0.05, 0.1) is 0 Å². The number of nitrogens with one attached hydrogen (secondary N) is 2. The van der Waals surface area contributed by atoms with Gasteiger partial charge in [0.1, 0.15) is 5.71 Å². The van der Waals surface area contributed by atoms with Crippen molar-refractivity contribution in [2.75, 3.05) is 12.8 Å². The number of thioether (sulfide) groups is 1. The van der Waals surface area contributed by atoms with Crippen LogP contribution in [0.4, 0.5) is 0 Å². The predicted molar refractivity (Wildman–Crippen MR) is 79.7 cm³/mol. The molecule has 0 fully saturated rings. The van der Waals surface area contributed by atoms with Crippen molar-refractivity contribution in [3.8, 4) is 0 Å². The smallest absolute Gasteiger partial charge is 0.267 e. The Hall–Kier alpha value is -1.82. The van der Waals surface area contributed by atoms with Gasteiger partial charge in [-0.2, -0.15) is 5.10 Å². The summed E-state index contributed by atoms with van der Waals surface area (Å²) in [6, 6.07) is 8.28. The molecule has 6 heteroatoms. The van der Waals surface area contributed by atoms with Crippen molar-refractivity contribution in [3.05, 3.63) is 29.8 Å². The lowest BCUT2D eigenvalue weighted by Gasteiger charge is -2.12. The van der Waals surface area contributed by atoms with Gasteiger partial charge in [0.15, 0.2) is 0 Å². The summed E-state index contributed by atoms with van der Waals surface area (Å²) in [5.74, 6) is -0.346. The fourth-order valence-corrected chi connectivity index (χ4v) is 2.26. The molecule has 1 aliphatic rings. The SMILES string of the molecule is CSc1ccc(CCNC(=O)C2=NNC(=O)CC2)cc1. The van der Waals surface area contributed by atoms with Crippen molar-refractivity contribution < 1.29 is 9.59 Å². The van der Waals surface area contributed by atoms with Crippen LogP contribution in [0.15, 0.2) is 34.3 Å². The molecule has 2 rings (SSSR count). The molecule has 0 aliphatic carbocycles. The van der Waals surface area contributed by atoms with Crippen LogP contribution >= 0.6 is 11.8 Å². The van der Waals surface area contributed by atoms with E-state index in [0.29, 0.717) is 25.1 Å². The van der Waals surface area contributed by atoms with Gasteiger partial charge in [0.2, 0.25) is 5.91 Å². The third kappa shape index (κ3) is 4.09. The Morgan fingerprint density at radius 3 is 2.70 bits per heavy atom. The van der Waals surface area contributed by atoms with Crippen LogP contribution in [-0.2, 0) is 16.0 Å². The lowest BCUT2D eigenvalue weighted by Crippen LogP contribution is -2.37. The summed E-state index contributed by atoms with van der Waals surface area (Å²) in [6.45, 7) is 0.560. The zero-order valence-electron chi connectivity index (χ0n) is 11.3. The molecular weight excluding hydrogens is 274 g/mol. The fourth-order valence-electron chi connectivity index (χ4n) is 1.85. The first-order valence-electron chi connectivity index (χ1n) is 6.45. The van der Waals surface area contributed by atoms with E-state index < -0.39 is 0 Å². The first kappa shape index (κ1) is 14.6. The number of nitrogens with zero attached hydrogens (tertiary/aromatic N) is 1. The Balaban J connectivity index is 1.77. The van der Waals surface area contributed by atoms with Gasteiger partial charge in [-0.3, -0.25) is 9.59 Å². The molecule has 0 radical (unpaired) electrons. The molecule has 0 bridgehead atoms. The molecule has 1 aliphatic heterocycles. The van der Waals surface area contributed by atoms with Crippen molar-refractivity contribution in [2.24, 2.45) is 5.10 Å². The van der Waals surface area contributed by atoms with Gasteiger partial charge in [-0.05, 0) is 30.4 Å². The summed E-state index contributed by atoms with van der Waals surface area (Å²) in [4.78, 5) is 24.0. The molecule has 1 aromatic carbocycles. The van der Waals surface area contributed by atoms with E-state index in [-0.39, 0.29) is 11.8 Å². The fraction of sp³-hybridized carbons (Fsp3) is 0.357. The minimum Gasteiger partial charge on any atom is -0.351 e. The molecule has 0 saturated carbocycles. The highest BCUT2D eigenvalue weighted by molar-refractivity contribution is 7.98. The number of hydrazone groups is 1.